The molecule has 1 unspecified atom stereocenters. The van der Waals surface area contributed by atoms with Crippen molar-refractivity contribution in [2.24, 2.45) is 0 Å². The third kappa shape index (κ3) is 3.03. The molecule has 0 saturated carbocycles. The highest BCUT2D eigenvalue weighted by Gasteiger charge is 2.20. The van der Waals surface area contributed by atoms with Gasteiger partial charge in [0.2, 0.25) is 0 Å². The van der Waals surface area contributed by atoms with Crippen LogP contribution in [0.15, 0.2) is 42.7 Å². The van der Waals surface area contributed by atoms with Crippen LogP contribution in [0, 0.1) is 6.92 Å². The number of nitrogens with zero attached hydrogens (tertiary/aromatic N) is 5. The summed E-state index contributed by atoms with van der Waals surface area (Å²) in [5.74, 6) is 1.97. The molecular formula is C17H20N6. The minimum Gasteiger partial charge on any atom is -0.308 e. The molecule has 1 aliphatic heterocycles. The van der Waals surface area contributed by atoms with Crippen LogP contribution in [0.4, 0.5) is 0 Å². The first-order chi connectivity index (χ1) is 11.3. The van der Waals surface area contributed by atoms with E-state index >= 15 is 0 Å². The van der Waals surface area contributed by atoms with Crippen LogP contribution in [0.1, 0.15) is 23.6 Å². The normalized spacial score (nSPS) is 17.2. The highest BCUT2D eigenvalue weighted by atomic mass is 15.4. The van der Waals surface area contributed by atoms with Gasteiger partial charge in [-0.1, -0.05) is 18.2 Å². The van der Waals surface area contributed by atoms with Crippen LogP contribution in [0.2, 0.25) is 0 Å². The molecule has 4 rings (SSSR count). The SMILES string of the molecule is Cc1nc2n(n1)CC(NCc1cnn(-c3ccccc3)c1)CC2. The maximum Gasteiger partial charge on any atom is 0.147 e. The van der Waals surface area contributed by atoms with E-state index in [-0.39, 0.29) is 0 Å². The summed E-state index contributed by atoms with van der Waals surface area (Å²) in [6.45, 7) is 3.66. The molecule has 1 atom stereocenters. The van der Waals surface area contributed by atoms with Crippen molar-refractivity contribution in [1.29, 1.82) is 0 Å². The zero-order chi connectivity index (χ0) is 15.6. The minimum atomic E-state index is 0.434. The number of benzene rings is 1. The summed E-state index contributed by atoms with van der Waals surface area (Å²) in [5.41, 5.74) is 2.27. The molecule has 0 saturated heterocycles. The first-order valence-electron chi connectivity index (χ1n) is 8.00. The molecular weight excluding hydrogens is 288 g/mol. The smallest absolute Gasteiger partial charge is 0.147 e. The van der Waals surface area contributed by atoms with Crippen molar-refractivity contribution < 1.29 is 0 Å². The topological polar surface area (TPSA) is 60.6 Å². The molecule has 0 spiro atoms. The van der Waals surface area contributed by atoms with E-state index in [2.05, 4.69) is 38.8 Å². The molecule has 23 heavy (non-hydrogen) atoms. The van der Waals surface area contributed by atoms with Gasteiger partial charge in [-0.3, -0.25) is 0 Å². The molecule has 6 nitrogen and oxygen atoms in total. The largest absolute Gasteiger partial charge is 0.308 e. The summed E-state index contributed by atoms with van der Waals surface area (Å²) in [6, 6.07) is 10.6. The van der Waals surface area contributed by atoms with Crippen LogP contribution in [0.5, 0.6) is 0 Å². The van der Waals surface area contributed by atoms with Crippen molar-refractivity contribution in [3.63, 3.8) is 0 Å². The van der Waals surface area contributed by atoms with Crippen LogP contribution < -0.4 is 5.32 Å². The molecule has 6 heteroatoms. The first-order valence-corrected chi connectivity index (χ1v) is 8.00. The number of aromatic nitrogens is 5. The Bertz CT molecular complexity index is 789. The van der Waals surface area contributed by atoms with Crippen LogP contribution in [-0.4, -0.2) is 30.6 Å². The molecule has 0 amide bonds. The van der Waals surface area contributed by atoms with Crippen LogP contribution in [-0.2, 0) is 19.5 Å². The van der Waals surface area contributed by atoms with E-state index in [0.717, 1.165) is 43.3 Å². The molecule has 3 heterocycles. The molecule has 1 aliphatic rings. The average Bonchev–Trinajstić information content (AvgIpc) is 3.18. The van der Waals surface area contributed by atoms with Crippen molar-refractivity contribution in [1.82, 2.24) is 29.9 Å². The third-order valence-corrected chi connectivity index (χ3v) is 4.22. The van der Waals surface area contributed by atoms with Crippen LogP contribution >= 0.6 is 0 Å². The van der Waals surface area contributed by atoms with Crippen molar-refractivity contribution in [2.75, 3.05) is 0 Å². The Kier molecular flexibility index (Phi) is 3.67. The molecule has 118 valence electrons. The summed E-state index contributed by atoms with van der Waals surface area (Å²) >= 11 is 0. The van der Waals surface area contributed by atoms with Crippen LogP contribution in [0.3, 0.4) is 0 Å². The zero-order valence-corrected chi connectivity index (χ0v) is 13.2. The lowest BCUT2D eigenvalue weighted by Gasteiger charge is -2.23. The number of rotatable bonds is 4. The Morgan fingerprint density at radius 3 is 3.00 bits per heavy atom. The maximum absolute atomic E-state index is 4.45. The Balaban J connectivity index is 1.38. The second-order valence-corrected chi connectivity index (χ2v) is 6.00. The van der Waals surface area contributed by atoms with E-state index in [0.29, 0.717) is 6.04 Å². The number of hydrogen-bond donors (Lipinski definition) is 1. The van der Waals surface area contributed by atoms with E-state index in [1.807, 2.05) is 40.7 Å². The summed E-state index contributed by atoms with van der Waals surface area (Å²) in [7, 11) is 0. The summed E-state index contributed by atoms with van der Waals surface area (Å²) < 4.78 is 3.95. The van der Waals surface area contributed by atoms with Gasteiger partial charge in [0, 0.05) is 30.8 Å². The average molecular weight is 308 g/mol. The van der Waals surface area contributed by atoms with Gasteiger partial charge in [0.25, 0.3) is 0 Å². The van der Waals surface area contributed by atoms with Crippen molar-refractivity contribution in [3.8, 4) is 5.69 Å². The van der Waals surface area contributed by atoms with Gasteiger partial charge in [-0.25, -0.2) is 14.3 Å². The molecule has 0 bridgehead atoms. The predicted molar refractivity (Wildman–Crippen MR) is 87.3 cm³/mol. The van der Waals surface area contributed by atoms with Gasteiger partial charge in [-0.05, 0) is 25.5 Å². The molecule has 0 radical (unpaired) electrons. The molecule has 2 aromatic heterocycles. The number of aryl methyl sites for hydroxylation is 2. The van der Waals surface area contributed by atoms with E-state index in [1.165, 1.54) is 5.56 Å². The fourth-order valence-electron chi connectivity index (χ4n) is 3.04. The van der Waals surface area contributed by atoms with E-state index in [1.54, 1.807) is 0 Å². The monoisotopic (exact) mass is 308 g/mol. The Hall–Kier alpha value is -2.47. The second kappa shape index (κ2) is 5.96. The maximum atomic E-state index is 4.45. The molecule has 0 fully saturated rings. The van der Waals surface area contributed by atoms with Gasteiger partial charge < -0.3 is 5.32 Å². The van der Waals surface area contributed by atoms with Gasteiger partial charge in [0.15, 0.2) is 0 Å². The van der Waals surface area contributed by atoms with Crippen molar-refractivity contribution in [3.05, 3.63) is 59.9 Å². The van der Waals surface area contributed by atoms with Crippen LogP contribution in [0.25, 0.3) is 5.69 Å². The summed E-state index contributed by atoms with van der Waals surface area (Å²) in [6.07, 6.45) is 6.09. The molecule has 3 aromatic rings. The van der Waals surface area contributed by atoms with E-state index < -0.39 is 0 Å². The highest BCUT2D eigenvalue weighted by Crippen LogP contribution is 2.14. The first kappa shape index (κ1) is 14.1. The summed E-state index contributed by atoms with van der Waals surface area (Å²) in [5, 5.41) is 12.5. The van der Waals surface area contributed by atoms with Crippen molar-refractivity contribution in [2.45, 2.75) is 38.9 Å². The van der Waals surface area contributed by atoms with E-state index in [9.17, 15) is 0 Å². The van der Waals surface area contributed by atoms with Gasteiger partial charge in [-0.15, -0.1) is 0 Å². The molecule has 1 N–H and O–H groups in total. The quantitative estimate of drug-likeness (QED) is 0.799. The summed E-state index contributed by atoms with van der Waals surface area (Å²) in [4.78, 5) is 4.45. The number of fused-ring (bicyclic) bond motifs is 1. The lowest BCUT2D eigenvalue weighted by atomic mass is 10.1. The molecule has 0 aliphatic carbocycles. The highest BCUT2D eigenvalue weighted by molar-refractivity contribution is 5.30. The Morgan fingerprint density at radius 1 is 1.26 bits per heavy atom. The zero-order valence-electron chi connectivity index (χ0n) is 13.2. The van der Waals surface area contributed by atoms with Gasteiger partial charge in [0.05, 0.1) is 18.4 Å². The minimum absolute atomic E-state index is 0.434. The third-order valence-electron chi connectivity index (χ3n) is 4.22. The number of para-hydroxylation sites is 1. The second-order valence-electron chi connectivity index (χ2n) is 6.00. The lowest BCUT2D eigenvalue weighted by Crippen LogP contribution is -2.37. The van der Waals surface area contributed by atoms with Crippen molar-refractivity contribution >= 4 is 0 Å². The lowest BCUT2D eigenvalue weighted by molar-refractivity contribution is 0.357. The van der Waals surface area contributed by atoms with Gasteiger partial charge >= 0.3 is 0 Å². The fraction of sp³-hybridized carbons (Fsp3) is 0.353. The Morgan fingerprint density at radius 2 is 2.13 bits per heavy atom. The standard InChI is InChI=1S/C17H20N6/c1-13-20-17-8-7-15(12-23(17)21-13)18-9-14-10-19-22(11-14)16-5-3-2-4-6-16/h2-6,10-11,15,18H,7-9,12H2,1H3. The number of hydrogen-bond acceptors (Lipinski definition) is 4. The predicted octanol–water partition coefficient (Wildman–Crippen LogP) is 1.88. The van der Waals surface area contributed by atoms with Gasteiger partial charge in [-0.2, -0.15) is 10.2 Å². The molecule has 1 aromatic carbocycles. The number of nitrogens with one attached hydrogen (secondary N) is 1. The van der Waals surface area contributed by atoms with Gasteiger partial charge in [0.1, 0.15) is 11.6 Å². The fourth-order valence-corrected chi connectivity index (χ4v) is 3.04. The van der Waals surface area contributed by atoms with E-state index in [4.69, 9.17) is 0 Å². The Labute approximate surface area is 135 Å².